The highest BCUT2D eigenvalue weighted by Gasteiger charge is 2.40. The number of amides is 1. The summed E-state index contributed by atoms with van der Waals surface area (Å²) in [5.74, 6) is 1.69. The summed E-state index contributed by atoms with van der Waals surface area (Å²) in [6, 6.07) is 9.59. The van der Waals surface area contributed by atoms with Gasteiger partial charge in [-0.2, -0.15) is 0 Å². The lowest BCUT2D eigenvalue weighted by Gasteiger charge is -2.40. The molecule has 1 fully saturated rings. The molecule has 2 aromatic rings. The monoisotopic (exact) mass is 399 g/mol. The molecule has 1 saturated heterocycles. The highest BCUT2D eigenvalue weighted by Crippen LogP contribution is 2.46. The fraction of sp³-hybridized carbons (Fsp3) is 0.409. The molecule has 0 radical (unpaired) electrons. The van der Waals surface area contributed by atoms with Crippen LogP contribution in [0.25, 0.3) is 11.1 Å². The van der Waals surface area contributed by atoms with E-state index in [1.54, 1.807) is 21.3 Å². The SMILES string of the molecule is COCC1(COc2c(-c3ccc4c(c3)CNC4=O)ccc(OC)c2OC)COC1. The van der Waals surface area contributed by atoms with Crippen LogP contribution in [0.3, 0.4) is 0 Å². The number of carbonyl (C=O) groups excluding carboxylic acids is 1. The van der Waals surface area contributed by atoms with E-state index in [2.05, 4.69) is 5.32 Å². The summed E-state index contributed by atoms with van der Waals surface area (Å²) >= 11 is 0. The van der Waals surface area contributed by atoms with E-state index in [9.17, 15) is 4.79 Å². The van der Waals surface area contributed by atoms with Gasteiger partial charge in [-0.3, -0.25) is 4.79 Å². The Morgan fingerprint density at radius 1 is 1.00 bits per heavy atom. The third-order valence-electron chi connectivity index (χ3n) is 5.39. The molecule has 0 saturated carbocycles. The average Bonchev–Trinajstić information content (AvgIpc) is 3.09. The molecule has 2 heterocycles. The smallest absolute Gasteiger partial charge is 0.251 e. The van der Waals surface area contributed by atoms with Gasteiger partial charge in [-0.15, -0.1) is 0 Å². The van der Waals surface area contributed by atoms with Crippen LogP contribution in [0.1, 0.15) is 15.9 Å². The van der Waals surface area contributed by atoms with Crippen LogP contribution in [0, 0.1) is 5.41 Å². The predicted octanol–water partition coefficient (Wildman–Crippen LogP) is 2.66. The summed E-state index contributed by atoms with van der Waals surface area (Å²) in [4.78, 5) is 11.9. The molecule has 4 rings (SSSR count). The number of fused-ring (bicyclic) bond motifs is 1. The quantitative estimate of drug-likeness (QED) is 0.736. The molecule has 2 aromatic carbocycles. The normalized spacial score (nSPS) is 16.6. The van der Waals surface area contributed by atoms with Crippen molar-refractivity contribution in [2.45, 2.75) is 6.54 Å². The number of rotatable bonds is 8. The van der Waals surface area contributed by atoms with E-state index in [4.69, 9.17) is 23.7 Å². The zero-order valence-electron chi connectivity index (χ0n) is 16.9. The Morgan fingerprint density at radius 3 is 2.45 bits per heavy atom. The summed E-state index contributed by atoms with van der Waals surface area (Å²) in [6.07, 6.45) is 0. The zero-order valence-corrected chi connectivity index (χ0v) is 16.9. The lowest BCUT2D eigenvalue weighted by atomic mass is 9.88. The maximum atomic E-state index is 11.9. The number of methoxy groups -OCH3 is 3. The van der Waals surface area contributed by atoms with Crippen LogP contribution in [0.4, 0.5) is 0 Å². The van der Waals surface area contributed by atoms with Crippen molar-refractivity contribution in [1.82, 2.24) is 5.32 Å². The van der Waals surface area contributed by atoms with Crippen LogP contribution in [0.5, 0.6) is 17.2 Å². The first-order valence-corrected chi connectivity index (χ1v) is 9.47. The molecule has 1 amide bonds. The number of nitrogens with one attached hydrogen (secondary N) is 1. The Balaban J connectivity index is 1.73. The van der Waals surface area contributed by atoms with Gasteiger partial charge in [0.05, 0.1) is 39.5 Å². The number of ether oxygens (including phenoxy) is 5. The minimum Gasteiger partial charge on any atom is -0.493 e. The molecule has 0 atom stereocenters. The second kappa shape index (κ2) is 7.93. The fourth-order valence-corrected chi connectivity index (χ4v) is 3.80. The number of hydrogen-bond donors (Lipinski definition) is 1. The fourth-order valence-electron chi connectivity index (χ4n) is 3.80. The van der Waals surface area contributed by atoms with Gasteiger partial charge < -0.3 is 29.0 Å². The predicted molar refractivity (Wildman–Crippen MR) is 107 cm³/mol. The van der Waals surface area contributed by atoms with E-state index < -0.39 is 0 Å². The van der Waals surface area contributed by atoms with Crippen molar-refractivity contribution in [3.05, 3.63) is 41.5 Å². The van der Waals surface area contributed by atoms with Gasteiger partial charge in [0.25, 0.3) is 5.91 Å². The van der Waals surface area contributed by atoms with Gasteiger partial charge in [0.1, 0.15) is 6.61 Å². The van der Waals surface area contributed by atoms with Crippen LogP contribution >= 0.6 is 0 Å². The molecule has 1 N–H and O–H groups in total. The summed E-state index contributed by atoms with van der Waals surface area (Å²) < 4.78 is 28.2. The van der Waals surface area contributed by atoms with Gasteiger partial charge >= 0.3 is 0 Å². The minimum atomic E-state index is -0.172. The molecule has 0 aromatic heterocycles. The Bertz CT molecular complexity index is 922. The molecular formula is C22H25NO6. The first-order valence-electron chi connectivity index (χ1n) is 9.47. The molecule has 0 bridgehead atoms. The molecule has 2 aliphatic rings. The number of benzene rings is 2. The third kappa shape index (κ3) is 3.52. The first-order chi connectivity index (χ1) is 14.1. The molecule has 7 heteroatoms. The van der Waals surface area contributed by atoms with Crippen molar-refractivity contribution in [3.63, 3.8) is 0 Å². The number of hydrogen-bond acceptors (Lipinski definition) is 6. The van der Waals surface area contributed by atoms with E-state index in [-0.39, 0.29) is 11.3 Å². The van der Waals surface area contributed by atoms with Gasteiger partial charge in [0.2, 0.25) is 5.75 Å². The van der Waals surface area contributed by atoms with E-state index in [1.807, 2.05) is 30.3 Å². The van der Waals surface area contributed by atoms with Crippen molar-refractivity contribution < 1.29 is 28.5 Å². The van der Waals surface area contributed by atoms with Crippen LogP contribution in [-0.4, -0.2) is 53.7 Å². The van der Waals surface area contributed by atoms with Gasteiger partial charge in [-0.25, -0.2) is 0 Å². The largest absolute Gasteiger partial charge is 0.493 e. The molecule has 0 spiro atoms. The van der Waals surface area contributed by atoms with Crippen molar-refractivity contribution in [3.8, 4) is 28.4 Å². The maximum Gasteiger partial charge on any atom is 0.251 e. The Kier molecular flexibility index (Phi) is 5.34. The lowest BCUT2D eigenvalue weighted by Crippen LogP contribution is -2.50. The van der Waals surface area contributed by atoms with Crippen LogP contribution in [-0.2, 0) is 16.0 Å². The van der Waals surface area contributed by atoms with Crippen LogP contribution in [0.15, 0.2) is 30.3 Å². The summed E-state index contributed by atoms with van der Waals surface area (Å²) in [7, 11) is 4.87. The average molecular weight is 399 g/mol. The first kappa shape index (κ1) is 19.5. The topological polar surface area (TPSA) is 75.3 Å². The second-order valence-corrected chi connectivity index (χ2v) is 7.45. The molecule has 0 unspecified atom stereocenters. The molecule has 0 aliphatic carbocycles. The van der Waals surface area contributed by atoms with Crippen molar-refractivity contribution in [2.24, 2.45) is 5.41 Å². The molecule has 154 valence electrons. The maximum absolute atomic E-state index is 11.9. The van der Waals surface area contributed by atoms with E-state index in [0.29, 0.717) is 55.8 Å². The molecule has 2 aliphatic heterocycles. The summed E-state index contributed by atoms with van der Waals surface area (Å²) in [5, 5.41) is 2.85. The number of carbonyl (C=O) groups is 1. The highest BCUT2D eigenvalue weighted by atomic mass is 16.5. The Morgan fingerprint density at radius 2 is 1.79 bits per heavy atom. The highest BCUT2D eigenvalue weighted by molar-refractivity contribution is 5.99. The summed E-state index contributed by atoms with van der Waals surface area (Å²) in [5.41, 5.74) is 3.33. The molecule has 7 nitrogen and oxygen atoms in total. The van der Waals surface area contributed by atoms with Crippen molar-refractivity contribution in [1.29, 1.82) is 0 Å². The minimum absolute atomic E-state index is 0.0400. The van der Waals surface area contributed by atoms with E-state index in [1.165, 1.54) is 0 Å². The van der Waals surface area contributed by atoms with E-state index >= 15 is 0 Å². The standard InChI is InChI=1S/C22H25NO6/c1-25-10-22(11-28-12-22)13-29-19-16(6-7-18(26-2)20(19)27-3)14-4-5-17-15(8-14)9-23-21(17)24/h4-8H,9-13H2,1-3H3,(H,23,24). The van der Waals surface area contributed by atoms with Gasteiger partial charge in [-0.1, -0.05) is 6.07 Å². The van der Waals surface area contributed by atoms with Crippen LogP contribution in [0.2, 0.25) is 0 Å². The summed E-state index contributed by atoms with van der Waals surface area (Å²) in [6.45, 7) is 2.70. The lowest BCUT2D eigenvalue weighted by molar-refractivity contribution is -0.159. The molecule has 29 heavy (non-hydrogen) atoms. The van der Waals surface area contributed by atoms with Crippen LogP contribution < -0.4 is 19.5 Å². The zero-order chi connectivity index (χ0) is 20.4. The van der Waals surface area contributed by atoms with Crippen molar-refractivity contribution in [2.75, 3.05) is 47.8 Å². The molecular weight excluding hydrogens is 374 g/mol. The Labute approximate surface area is 169 Å². The Hall–Kier alpha value is -2.77. The van der Waals surface area contributed by atoms with E-state index in [0.717, 1.165) is 16.7 Å². The third-order valence-corrected chi connectivity index (χ3v) is 5.39. The van der Waals surface area contributed by atoms with Crippen molar-refractivity contribution >= 4 is 5.91 Å². The second-order valence-electron chi connectivity index (χ2n) is 7.45. The van der Waals surface area contributed by atoms with Gasteiger partial charge in [0.15, 0.2) is 11.5 Å². The van der Waals surface area contributed by atoms with Gasteiger partial charge in [0, 0.05) is 24.8 Å². The van der Waals surface area contributed by atoms with Gasteiger partial charge in [-0.05, 0) is 35.4 Å².